The van der Waals surface area contributed by atoms with Crippen LogP contribution in [0.3, 0.4) is 0 Å². The molecule has 0 amide bonds. The lowest BCUT2D eigenvalue weighted by molar-refractivity contribution is -0.137. The van der Waals surface area contributed by atoms with Gasteiger partial charge in [-0.1, -0.05) is 0 Å². The number of ether oxygens (including phenoxy) is 1. The molecule has 0 aromatic heterocycles. The molecule has 0 unspecified atom stereocenters. The van der Waals surface area contributed by atoms with E-state index >= 15 is 0 Å². The Morgan fingerprint density at radius 2 is 1.78 bits per heavy atom. The molecular weight excluding hydrogens is 274 g/mol. The van der Waals surface area contributed by atoms with Crippen molar-refractivity contribution in [3.8, 4) is 5.75 Å². The quantitative estimate of drug-likeness (QED) is 0.861. The predicted octanol–water partition coefficient (Wildman–Crippen LogP) is 3.32. The lowest BCUT2D eigenvalue weighted by atomic mass is 10.2. The average Bonchev–Trinajstić information content (AvgIpc) is 2.26. The molecule has 0 saturated heterocycles. The van der Waals surface area contributed by atoms with Crippen LogP contribution in [0, 0.1) is 0 Å². The number of hydrogen-bond acceptors (Lipinski definition) is 2. The van der Waals surface area contributed by atoms with Gasteiger partial charge in [-0.15, -0.1) is 12.4 Å². The largest absolute Gasteiger partial charge is 0.487 e. The second kappa shape index (κ2) is 7.23. The van der Waals surface area contributed by atoms with Crippen molar-refractivity contribution in [3.05, 3.63) is 41.7 Å². The third-order valence-electron chi connectivity index (χ3n) is 1.90. The summed E-state index contributed by atoms with van der Waals surface area (Å²) >= 11 is 0. The first-order valence-corrected chi connectivity index (χ1v) is 4.78. The molecule has 0 aliphatic heterocycles. The van der Waals surface area contributed by atoms with Crippen molar-refractivity contribution in [2.24, 2.45) is 5.73 Å². The maximum Gasteiger partial charge on any atom is 0.416 e. The third kappa shape index (κ3) is 5.37. The minimum absolute atomic E-state index is 0. The van der Waals surface area contributed by atoms with Gasteiger partial charge in [-0.05, 0) is 30.3 Å². The molecule has 2 nitrogen and oxygen atoms in total. The van der Waals surface area contributed by atoms with Crippen molar-refractivity contribution in [1.82, 2.24) is 0 Å². The SMILES string of the molecule is Cl.NCC=C(F)COc1ccc(C(F)(F)F)cc1. The van der Waals surface area contributed by atoms with Gasteiger partial charge < -0.3 is 10.5 Å². The molecule has 1 rings (SSSR count). The molecule has 2 N–H and O–H groups in total. The van der Waals surface area contributed by atoms with E-state index < -0.39 is 17.6 Å². The molecule has 7 heteroatoms. The van der Waals surface area contributed by atoms with Crippen LogP contribution in [0.25, 0.3) is 0 Å². The van der Waals surface area contributed by atoms with Gasteiger partial charge in [0.2, 0.25) is 0 Å². The van der Waals surface area contributed by atoms with Gasteiger partial charge in [0, 0.05) is 6.54 Å². The van der Waals surface area contributed by atoms with E-state index in [1.54, 1.807) is 0 Å². The molecule has 18 heavy (non-hydrogen) atoms. The second-order valence-corrected chi connectivity index (χ2v) is 3.20. The summed E-state index contributed by atoms with van der Waals surface area (Å²) < 4.78 is 54.4. The van der Waals surface area contributed by atoms with Crippen LogP contribution >= 0.6 is 12.4 Å². The first-order chi connectivity index (χ1) is 7.93. The van der Waals surface area contributed by atoms with Crippen molar-refractivity contribution in [1.29, 1.82) is 0 Å². The first kappa shape index (κ1) is 16.7. The molecule has 0 saturated carbocycles. The molecule has 1 aromatic carbocycles. The van der Waals surface area contributed by atoms with Crippen LogP contribution in [-0.4, -0.2) is 13.2 Å². The van der Waals surface area contributed by atoms with Gasteiger partial charge in [-0.2, -0.15) is 13.2 Å². The first-order valence-electron chi connectivity index (χ1n) is 4.78. The van der Waals surface area contributed by atoms with Crippen LogP contribution < -0.4 is 10.5 Å². The standard InChI is InChI=1S/C11H11F4NO.ClH/c12-9(5-6-16)7-17-10-3-1-8(2-4-10)11(13,14)15;/h1-5H,6-7,16H2;1H. The summed E-state index contributed by atoms with van der Waals surface area (Å²) in [4.78, 5) is 0. The Morgan fingerprint density at radius 3 is 2.22 bits per heavy atom. The van der Waals surface area contributed by atoms with E-state index in [1.165, 1.54) is 0 Å². The van der Waals surface area contributed by atoms with Gasteiger partial charge in [0.1, 0.15) is 18.2 Å². The lowest BCUT2D eigenvalue weighted by Gasteiger charge is -2.08. The second-order valence-electron chi connectivity index (χ2n) is 3.20. The highest BCUT2D eigenvalue weighted by Crippen LogP contribution is 2.30. The molecule has 0 fully saturated rings. The minimum atomic E-state index is -4.39. The maximum absolute atomic E-state index is 12.8. The van der Waals surface area contributed by atoms with E-state index in [-0.39, 0.29) is 31.3 Å². The lowest BCUT2D eigenvalue weighted by Crippen LogP contribution is -2.05. The van der Waals surface area contributed by atoms with Crippen LogP contribution in [0.1, 0.15) is 5.56 Å². The van der Waals surface area contributed by atoms with Crippen molar-refractivity contribution in [3.63, 3.8) is 0 Å². The summed E-state index contributed by atoms with van der Waals surface area (Å²) in [5, 5.41) is 0. The highest BCUT2D eigenvalue weighted by atomic mass is 35.5. The van der Waals surface area contributed by atoms with Crippen LogP contribution in [0.5, 0.6) is 5.75 Å². The van der Waals surface area contributed by atoms with Crippen molar-refractivity contribution >= 4 is 12.4 Å². The van der Waals surface area contributed by atoms with Gasteiger partial charge in [-0.3, -0.25) is 0 Å². The Kier molecular flexibility index (Phi) is 6.72. The molecule has 102 valence electrons. The Morgan fingerprint density at radius 1 is 1.22 bits per heavy atom. The van der Waals surface area contributed by atoms with Crippen LogP contribution in [-0.2, 0) is 6.18 Å². The minimum Gasteiger partial charge on any atom is -0.487 e. The van der Waals surface area contributed by atoms with Gasteiger partial charge >= 0.3 is 6.18 Å². The summed E-state index contributed by atoms with van der Waals surface area (Å²) in [6.45, 7) is -0.301. The molecule has 0 radical (unpaired) electrons. The molecule has 0 atom stereocenters. The Labute approximate surface area is 108 Å². The van der Waals surface area contributed by atoms with Crippen molar-refractivity contribution in [2.75, 3.05) is 13.2 Å². The maximum atomic E-state index is 12.8. The highest BCUT2D eigenvalue weighted by Gasteiger charge is 2.29. The van der Waals surface area contributed by atoms with E-state index in [0.717, 1.165) is 30.3 Å². The van der Waals surface area contributed by atoms with E-state index in [4.69, 9.17) is 10.5 Å². The van der Waals surface area contributed by atoms with E-state index in [1.807, 2.05) is 0 Å². The highest BCUT2D eigenvalue weighted by molar-refractivity contribution is 5.85. The van der Waals surface area contributed by atoms with Crippen LogP contribution in [0.2, 0.25) is 0 Å². The molecule has 0 aliphatic carbocycles. The van der Waals surface area contributed by atoms with E-state index in [0.29, 0.717) is 0 Å². The zero-order valence-corrected chi connectivity index (χ0v) is 10.0. The molecular formula is C11H12ClF4NO. The van der Waals surface area contributed by atoms with Gasteiger partial charge in [0.25, 0.3) is 0 Å². The summed E-state index contributed by atoms with van der Waals surface area (Å²) in [5.41, 5.74) is 4.29. The van der Waals surface area contributed by atoms with Crippen molar-refractivity contribution < 1.29 is 22.3 Å². The fourth-order valence-electron chi connectivity index (χ4n) is 1.08. The topological polar surface area (TPSA) is 35.2 Å². The number of hydrogen-bond donors (Lipinski definition) is 1. The monoisotopic (exact) mass is 285 g/mol. The molecule has 0 aliphatic rings. The van der Waals surface area contributed by atoms with E-state index in [2.05, 4.69) is 0 Å². The zero-order valence-electron chi connectivity index (χ0n) is 9.21. The number of nitrogens with two attached hydrogens (primary N) is 1. The third-order valence-corrected chi connectivity index (χ3v) is 1.90. The summed E-state index contributed by atoms with van der Waals surface area (Å²) in [7, 11) is 0. The normalized spacial score (nSPS) is 11.9. The number of halogens is 5. The fourth-order valence-corrected chi connectivity index (χ4v) is 1.08. The van der Waals surface area contributed by atoms with Gasteiger partial charge in [0.15, 0.2) is 0 Å². The number of rotatable bonds is 4. The Balaban J connectivity index is 0.00000289. The molecule has 0 heterocycles. The molecule has 1 aromatic rings. The van der Waals surface area contributed by atoms with Gasteiger partial charge in [0.05, 0.1) is 5.56 Å². The number of benzene rings is 1. The predicted molar refractivity (Wildman–Crippen MR) is 62.4 cm³/mol. The summed E-state index contributed by atoms with van der Waals surface area (Å²) in [6, 6.07) is 4.02. The Hall–Kier alpha value is -1.27. The number of alkyl halides is 3. The van der Waals surface area contributed by atoms with Crippen LogP contribution in [0.4, 0.5) is 17.6 Å². The van der Waals surface area contributed by atoms with Crippen LogP contribution in [0.15, 0.2) is 36.2 Å². The van der Waals surface area contributed by atoms with Crippen molar-refractivity contribution in [2.45, 2.75) is 6.18 Å². The average molecular weight is 286 g/mol. The molecule has 0 spiro atoms. The zero-order chi connectivity index (χ0) is 12.9. The molecule has 0 bridgehead atoms. The fraction of sp³-hybridized carbons (Fsp3) is 0.273. The Bertz CT molecular complexity index is 389. The van der Waals surface area contributed by atoms with E-state index in [9.17, 15) is 17.6 Å². The smallest absolute Gasteiger partial charge is 0.416 e. The summed E-state index contributed by atoms with van der Waals surface area (Å²) in [6.07, 6.45) is -3.26. The van der Waals surface area contributed by atoms with Gasteiger partial charge in [-0.25, -0.2) is 4.39 Å². The summed E-state index contributed by atoms with van der Waals surface area (Å²) in [5.74, 6) is -0.397.